The van der Waals surface area contributed by atoms with E-state index in [1.54, 1.807) is 6.20 Å². The van der Waals surface area contributed by atoms with Crippen LogP contribution in [0.5, 0.6) is 0 Å². The van der Waals surface area contributed by atoms with Gasteiger partial charge in [-0.2, -0.15) is 0 Å². The van der Waals surface area contributed by atoms with Crippen molar-refractivity contribution in [2.24, 2.45) is 0 Å². The molecule has 1 saturated carbocycles. The minimum Gasteiger partial charge on any atom is -0.369 e. The fraction of sp³-hybridized carbons (Fsp3) is 0.484. The van der Waals surface area contributed by atoms with E-state index in [4.69, 9.17) is 11.6 Å². The fourth-order valence-corrected chi connectivity index (χ4v) is 7.37. The zero-order valence-corrected chi connectivity index (χ0v) is 22.8. The van der Waals surface area contributed by atoms with Crippen LogP contribution in [0.4, 0.5) is 5.69 Å². The van der Waals surface area contributed by atoms with Gasteiger partial charge < -0.3 is 14.8 Å². The number of carbonyl (C=O) groups is 1. The highest BCUT2D eigenvalue weighted by molar-refractivity contribution is 6.35. The highest BCUT2D eigenvalue weighted by Crippen LogP contribution is 2.41. The van der Waals surface area contributed by atoms with Crippen LogP contribution in [0, 0.1) is 0 Å². The Balaban J connectivity index is 1.08. The molecule has 0 bridgehead atoms. The van der Waals surface area contributed by atoms with Crippen LogP contribution in [0.3, 0.4) is 0 Å². The van der Waals surface area contributed by atoms with E-state index in [0.717, 1.165) is 88.9 Å². The second-order valence-electron chi connectivity index (χ2n) is 11.3. The maximum atomic E-state index is 14.0. The van der Waals surface area contributed by atoms with Gasteiger partial charge in [0.25, 0.3) is 5.56 Å². The van der Waals surface area contributed by atoms with E-state index in [0.29, 0.717) is 22.4 Å². The monoisotopic (exact) mass is 532 g/mol. The fourth-order valence-electron chi connectivity index (χ4n) is 7.07. The number of halogens is 1. The van der Waals surface area contributed by atoms with Crippen molar-refractivity contribution in [3.8, 4) is 0 Å². The van der Waals surface area contributed by atoms with Crippen molar-refractivity contribution in [1.82, 2.24) is 14.8 Å². The number of piperidine rings is 1. The van der Waals surface area contributed by atoms with E-state index in [9.17, 15) is 9.59 Å². The largest absolute Gasteiger partial charge is 0.369 e. The molecular weight excluding hydrogens is 496 g/mol. The Bertz CT molecular complexity index is 1330. The van der Waals surface area contributed by atoms with Crippen molar-refractivity contribution in [3.05, 3.63) is 75.7 Å². The molecule has 38 heavy (non-hydrogen) atoms. The topological polar surface area (TPSA) is 59.7 Å². The molecule has 2 aliphatic heterocycles. The minimum atomic E-state index is -0.329. The number of carbonyl (C=O) groups excluding carboxylic acids is 1. The zero-order valence-electron chi connectivity index (χ0n) is 22.0. The van der Waals surface area contributed by atoms with Gasteiger partial charge in [0.1, 0.15) is 0 Å². The molecule has 0 unspecified atom stereocenters. The number of hydrogen-bond acceptors (Lipinski definition) is 4. The third kappa shape index (κ3) is 4.73. The number of aromatic amines is 1. The van der Waals surface area contributed by atoms with Crippen molar-refractivity contribution in [1.29, 1.82) is 0 Å². The highest BCUT2D eigenvalue weighted by Gasteiger charge is 2.44. The van der Waals surface area contributed by atoms with E-state index in [1.165, 1.54) is 12.0 Å². The van der Waals surface area contributed by atoms with Crippen molar-refractivity contribution >= 4 is 34.0 Å². The number of H-pyrrole nitrogens is 1. The smallest absolute Gasteiger partial charge is 0.257 e. The quantitative estimate of drug-likeness (QED) is 0.502. The number of piperazine rings is 1. The molecule has 3 aromatic rings. The molecule has 1 aromatic heterocycles. The summed E-state index contributed by atoms with van der Waals surface area (Å²) in [5, 5.41) is 1.94. The van der Waals surface area contributed by atoms with Gasteiger partial charge in [0.15, 0.2) is 0 Å². The van der Waals surface area contributed by atoms with Gasteiger partial charge in [-0.05, 0) is 54.8 Å². The second kappa shape index (κ2) is 10.7. The molecule has 2 saturated heterocycles. The summed E-state index contributed by atoms with van der Waals surface area (Å²) in [4.78, 5) is 36.0. The molecule has 0 atom stereocenters. The lowest BCUT2D eigenvalue weighted by atomic mass is 9.68. The zero-order chi connectivity index (χ0) is 26.1. The van der Waals surface area contributed by atoms with Crippen molar-refractivity contribution in [2.45, 2.75) is 56.4 Å². The van der Waals surface area contributed by atoms with Crippen LogP contribution >= 0.6 is 11.6 Å². The first kappa shape index (κ1) is 25.4. The molecule has 3 aliphatic rings. The normalized spacial score (nSPS) is 21.1. The third-order valence-electron chi connectivity index (χ3n) is 9.20. The van der Waals surface area contributed by atoms with Crippen molar-refractivity contribution in [3.63, 3.8) is 0 Å². The molecular formula is C31H37ClN4O2. The van der Waals surface area contributed by atoms with Crippen LogP contribution in [0.1, 0.15) is 50.5 Å². The van der Waals surface area contributed by atoms with Crippen LogP contribution in [-0.2, 0) is 10.2 Å². The third-order valence-corrected chi connectivity index (χ3v) is 9.50. The molecule has 1 N–H and O–H groups in total. The number of benzene rings is 2. The van der Waals surface area contributed by atoms with E-state index in [1.807, 2.05) is 18.2 Å². The van der Waals surface area contributed by atoms with E-state index in [-0.39, 0.29) is 11.0 Å². The molecule has 1 aliphatic carbocycles. The molecule has 3 heterocycles. The molecule has 2 aromatic carbocycles. The first-order chi connectivity index (χ1) is 18.5. The second-order valence-corrected chi connectivity index (χ2v) is 11.7. The number of nitrogens with one attached hydrogen (secondary N) is 1. The average Bonchev–Trinajstić information content (AvgIpc) is 2.97. The van der Waals surface area contributed by atoms with Gasteiger partial charge in [-0.15, -0.1) is 0 Å². The Hall–Kier alpha value is -2.83. The van der Waals surface area contributed by atoms with Gasteiger partial charge >= 0.3 is 0 Å². The summed E-state index contributed by atoms with van der Waals surface area (Å²) in [5.41, 5.74) is 1.81. The van der Waals surface area contributed by atoms with Gasteiger partial charge in [-0.25, -0.2) is 0 Å². The average molecular weight is 533 g/mol. The van der Waals surface area contributed by atoms with E-state index < -0.39 is 0 Å². The number of hydrogen-bond donors (Lipinski definition) is 1. The van der Waals surface area contributed by atoms with Gasteiger partial charge in [-0.1, -0.05) is 61.2 Å². The first-order valence-corrected chi connectivity index (χ1v) is 14.6. The Morgan fingerprint density at radius 3 is 2.32 bits per heavy atom. The van der Waals surface area contributed by atoms with Crippen molar-refractivity contribution in [2.75, 3.05) is 44.2 Å². The number of anilines is 1. The molecule has 7 heteroatoms. The van der Waals surface area contributed by atoms with Gasteiger partial charge in [0.2, 0.25) is 5.91 Å². The summed E-state index contributed by atoms with van der Waals surface area (Å²) < 4.78 is 0. The summed E-state index contributed by atoms with van der Waals surface area (Å²) in [6, 6.07) is 17.0. The minimum absolute atomic E-state index is 0.146. The number of nitrogens with zero attached hydrogens (tertiary/aromatic N) is 3. The molecule has 1 amide bonds. The van der Waals surface area contributed by atoms with Crippen molar-refractivity contribution < 1.29 is 4.79 Å². The molecule has 0 radical (unpaired) electrons. The van der Waals surface area contributed by atoms with E-state index in [2.05, 4.69) is 50.0 Å². The summed E-state index contributed by atoms with van der Waals surface area (Å²) >= 11 is 6.49. The number of pyridine rings is 1. The van der Waals surface area contributed by atoms with Gasteiger partial charge in [0, 0.05) is 57.2 Å². The predicted octanol–water partition coefficient (Wildman–Crippen LogP) is 5.20. The summed E-state index contributed by atoms with van der Waals surface area (Å²) in [6.07, 6.45) is 9.23. The van der Waals surface area contributed by atoms with Gasteiger partial charge in [0.05, 0.1) is 15.8 Å². The summed E-state index contributed by atoms with van der Waals surface area (Å²) in [6.45, 7) is 5.57. The molecule has 6 rings (SSSR count). The van der Waals surface area contributed by atoms with Crippen LogP contribution in [0.25, 0.3) is 10.8 Å². The number of likely N-dealkylation sites (tertiary alicyclic amines) is 1. The lowest BCUT2D eigenvalue weighted by Gasteiger charge is -2.46. The van der Waals surface area contributed by atoms with E-state index >= 15 is 0 Å². The maximum Gasteiger partial charge on any atom is 0.257 e. The Kier molecular flexibility index (Phi) is 7.19. The van der Waals surface area contributed by atoms with Crippen LogP contribution in [0.15, 0.2) is 59.5 Å². The molecule has 6 nitrogen and oxygen atoms in total. The lowest BCUT2D eigenvalue weighted by Crippen LogP contribution is -2.56. The number of amides is 1. The Morgan fingerprint density at radius 2 is 1.61 bits per heavy atom. The molecule has 3 fully saturated rings. The summed E-state index contributed by atoms with van der Waals surface area (Å²) in [7, 11) is 0. The summed E-state index contributed by atoms with van der Waals surface area (Å²) in [5.74, 6) is 0.360. The molecule has 200 valence electrons. The molecule has 0 spiro atoms. The standard InChI is InChI=1S/C31H37ClN4O2/c32-27-22-26(21-23-9-14-33-29(37)28(23)27)35-19-17-34(18-20-35)25-10-15-36(16-11-25)30(38)31(12-5-2-6-13-31)24-7-3-1-4-8-24/h1,3-4,7-9,14,21-22,25H,2,5-6,10-13,15-20H2,(H,33,37). The maximum absolute atomic E-state index is 14.0. The SMILES string of the molecule is O=C(N1CCC(N2CCN(c3cc(Cl)c4c(=O)[nH]ccc4c3)CC2)CC1)C1(c2ccccc2)CCCCC1. The van der Waals surface area contributed by atoms with Crippen LogP contribution < -0.4 is 10.5 Å². The lowest BCUT2D eigenvalue weighted by molar-refractivity contribution is -0.140. The Morgan fingerprint density at radius 1 is 0.895 bits per heavy atom. The Labute approximate surface area is 229 Å². The first-order valence-electron chi connectivity index (χ1n) is 14.2. The predicted molar refractivity (Wildman–Crippen MR) is 154 cm³/mol. The number of fused-ring (bicyclic) bond motifs is 1. The highest BCUT2D eigenvalue weighted by atomic mass is 35.5. The van der Waals surface area contributed by atoms with Gasteiger partial charge in [-0.3, -0.25) is 14.5 Å². The number of rotatable bonds is 4. The van der Waals surface area contributed by atoms with Crippen LogP contribution in [-0.4, -0.2) is 66.0 Å². The van der Waals surface area contributed by atoms with Crippen LogP contribution in [0.2, 0.25) is 5.02 Å². The number of aromatic nitrogens is 1.